The summed E-state index contributed by atoms with van der Waals surface area (Å²) in [6.07, 6.45) is 2.51. The van der Waals surface area contributed by atoms with E-state index in [4.69, 9.17) is 9.72 Å². The van der Waals surface area contributed by atoms with Crippen molar-refractivity contribution in [1.29, 1.82) is 0 Å². The van der Waals surface area contributed by atoms with E-state index in [1.54, 1.807) is 12.3 Å². The lowest BCUT2D eigenvalue weighted by molar-refractivity contribution is 0.305. The van der Waals surface area contributed by atoms with Crippen molar-refractivity contribution in [3.63, 3.8) is 0 Å². The molecule has 0 saturated heterocycles. The highest BCUT2D eigenvalue weighted by Gasteiger charge is 2.15. The van der Waals surface area contributed by atoms with Gasteiger partial charge in [-0.2, -0.15) is 9.78 Å². The normalized spacial score (nSPS) is 12.4. The van der Waals surface area contributed by atoms with Gasteiger partial charge in [-0.05, 0) is 54.4 Å². The summed E-state index contributed by atoms with van der Waals surface area (Å²) in [5, 5.41) is 5.06. The molecule has 0 unspecified atom stereocenters. The Morgan fingerprint density at radius 1 is 1.06 bits per heavy atom. The molecule has 0 aliphatic rings. The molecule has 3 aromatic carbocycles. The maximum Gasteiger partial charge on any atom is 0.282 e. The molecule has 1 atom stereocenters. The van der Waals surface area contributed by atoms with Crippen LogP contribution in [-0.4, -0.2) is 15.9 Å². The zero-order chi connectivity index (χ0) is 24.2. The molecule has 0 fully saturated rings. The van der Waals surface area contributed by atoms with Crippen LogP contribution in [-0.2, 0) is 6.61 Å². The monoisotopic (exact) mass is 645 g/mol. The molecule has 4 aromatic rings. The molecule has 0 radical (unpaired) electrons. The van der Waals surface area contributed by atoms with E-state index in [0.29, 0.717) is 29.1 Å². The van der Waals surface area contributed by atoms with Crippen molar-refractivity contribution >= 4 is 64.9 Å². The van der Waals surface area contributed by atoms with Crippen molar-refractivity contribution in [2.45, 2.75) is 32.8 Å². The first-order valence-electron chi connectivity index (χ1n) is 10.8. The smallest absolute Gasteiger partial charge is 0.282 e. The Morgan fingerprint density at radius 3 is 2.59 bits per heavy atom. The number of nitrogens with zero attached hydrogens (tertiary/aromatic N) is 3. The molecular weight excluding hydrogens is 626 g/mol. The van der Waals surface area contributed by atoms with Crippen LogP contribution in [0.5, 0.6) is 5.75 Å². The van der Waals surface area contributed by atoms with Gasteiger partial charge in [0, 0.05) is 24.9 Å². The molecule has 0 N–H and O–H groups in total. The predicted molar refractivity (Wildman–Crippen MR) is 148 cm³/mol. The first kappa shape index (κ1) is 24.8. The molecule has 0 aliphatic heterocycles. The van der Waals surface area contributed by atoms with Gasteiger partial charge in [0.2, 0.25) is 0 Å². The average Bonchev–Trinajstić information content (AvgIpc) is 2.83. The number of hydrogen-bond donors (Lipinski definition) is 0. The van der Waals surface area contributed by atoms with Crippen molar-refractivity contribution in [3.8, 4) is 5.75 Å². The first-order chi connectivity index (χ1) is 16.4. The second kappa shape index (κ2) is 11.0. The van der Waals surface area contributed by atoms with Crippen LogP contribution in [0.4, 0.5) is 0 Å². The van der Waals surface area contributed by atoms with E-state index < -0.39 is 0 Å². The van der Waals surface area contributed by atoms with Gasteiger partial charge in [-0.25, -0.2) is 4.98 Å². The molecule has 5 nitrogen and oxygen atoms in total. The number of fused-ring (bicyclic) bond motifs is 1. The maximum atomic E-state index is 13.3. The lowest BCUT2D eigenvalue weighted by Gasteiger charge is -2.14. The predicted octanol–water partition coefficient (Wildman–Crippen LogP) is 7.66. The molecule has 0 aliphatic carbocycles. The van der Waals surface area contributed by atoms with Crippen LogP contribution < -0.4 is 10.3 Å². The minimum atomic E-state index is -0.189. The lowest BCUT2D eigenvalue weighted by atomic mass is 10.1. The summed E-state index contributed by atoms with van der Waals surface area (Å²) in [6, 6.07) is 19.1. The van der Waals surface area contributed by atoms with Gasteiger partial charge in [0.25, 0.3) is 5.56 Å². The molecule has 1 aromatic heterocycles. The topological polar surface area (TPSA) is 56.5 Å². The van der Waals surface area contributed by atoms with E-state index in [2.05, 4.69) is 59.8 Å². The van der Waals surface area contributed by atoms with Crippen molar-refractivity contribution in [3.05, 3.63) is 101 Å². The summed E-state index contributed by atoms with van der Waals surface area (Å²) in [7, 11) is 0. The van der Waals surface area contributed by atoms with Crippen molar-refractivity contribution in [1.82, 2.24) is 9.66 Å². The Bertz CT molecular complexity index is 1430. The van der Waals surface area contributed by atoms with Crippen LogP contribution in [0.1, 0.15) is 43.1 Å². The Morgan fingerprint density at radius 2 is 1.82 bits per heavy atom. The third kappa shape index (κ3) is 5.67. The minimum absolute atomic E-state index is 0.0805. The third-order valence-electron chi connectivity index (χ3n) is 5.48. The molecule has 1 heterocycles. The average molecular weight is 648 g/mol. The van der Waals surface area contributed by atoms with Crippen molar-refractivity contribution < 1.29 is 4.74 Å². The van der Waals surface area contributed by atoms with E-state index in [1.807, 2.05) is 61.5 Å². The van der Waals surface area contributed by atoms with Gasteiger partial charge in [0.15, 0.2) is 0 Å². The van der Waals surface area contributed by atoms with E-state index >= 15 is 0 Å². The fourth-order valence-electron chi connectivity index (χ4n) is 3.39. The van der Waals surface area contributed by atoms with Gasteiger partial charge in [-0.3, -0.25) is 4.79 Å². The molecule has 0 amide bonds. The summed E-state index contributed by atoms with van der Waals surface area (Å²) < 4.78 is 10.2. The summed E-state index contributed by atoms with van der Waals surface area (Å²) in [5.41, 5.74) is 2.35. The second-order valence-electron chi connectivity index (χ2n) is 7.90. The zero-order valence-electron chi connectivity index (χ0n) is 18.6. The van der Waals surface area contributed by atoms with Gasteiger partial charge < -0.3 is 4.74 Å². The Hall–Kier alpha value is -2.29. The Kier molecular flexibility index (Phi) is 8.01. The van der Waals surface area contributed by atoms with Crippen LogP contribution in [0.15, 0.2) is 84.0 Å². The Balaban J connectivity index is 1.64. The van der Waals surface area contributed by atoms with E-state index in [1.165, 1.54) is 4.68 Å². The summed E-state index contributed by atoms with van der Waals surface area (Å²) in [4.78, 5) is 18.0. The summed E-state index contributed by atoms with van der Waals surface area (Å²) >= 11 is 10.5. The Labute approximate surface area is 223 Å². The zero-order valence-corrected chi connectivity index (χ0v) is 23.4. The van der Waals surface area contributed by atoms with E-state index in [-0.39, 0.29) is 11.5 Å². The van der Waals surface area contributed by atoms with Gasteiger partial charge in [0.1, 0.15) is 18.2 Å². The molecule has 0 bridgehead atoms. The number of aromatic nitrogens is 2. The number of ether oxygens (including phenoxy) is 1. The van der Waals surface area contributed by atoms with Gasteiger partial charge >= 0.3 is 0 Å². The molecule has 4 rings (SSSR count). The van der Waals surface area contributed by atoms with Crippen LogP contribution in [0.25, 0.3) is 10.9 Å². The fourth-order valence-corrected chi connectivity index (χ4v) is 4.91. The third-order valence-corrected chi connectivity index (χ3v) is 7.20. The molecule has 0 saturated carbocycles. The van der Waals surface area contributed by atoms with Gasteiger partial charge in [0.05, 0.1) is 17.1 Å². The van der Waals surface area contributed by atoms with Crippen LogP contribution >= 0.6 is 47.8 Å². The van der Waals surface area contributed by atoms with Crippen LogP contribution in [0, 0.1) is 0 Å². The minimum Gasteiger partial charge on any atom is -0.489 e. The van der Waals surface area contributed by atoms with Crippen molar-refractivity contribution in [2.24, 2.45) is 5.10 Å². The van der Waals surface area contributed by atoms with Crippen molar-refractivity contribution in [2.75, 3.05) is 0 Å². The summed E-state index contributed by atoms with van der Waals surface area (Å²) in [5.74, 6) is 1.44. The molecular formula is C26H22Br3N3O2. The highest BCUT2D eigenvalue weighted by atomic mass is 79.9. The summed E-state index contributed by atoms with van der Waals surface area (Å²) in [6.45, 7) is 4.55. The van der Waals surface area contributed by atoms with Crippen LogP contribution in [0.2, 0.25) is 0 Å². The largest absolute Gasteiger partial charge is 0.489 e. The molecule has 174 valence electrons. The first-order valence-corrected chi connectivity index (χ1v) is 13.2. The number of benzene rings is 3. The number of hydrogen-bond acceptors (Lipinski definition) is 4. The number of rotatable bonds is 7. The fraction of sp³-hybridized carbons (Fsp3) is 0.192. The quantitative estimate of drug-likeness (QED) is 0.194. The molecule has 34 heavy (non-hydrogen) atoms. The highest BCUT2D eigenvalue weighted by Crippen LogP contribution is 2.24. The highest BCUT2D eigenvalue weighted by molar-refractivity contribution is 9.11. The second-order valence-corrected chi connectivity index (χ2v) is 10.6. The van der Waals surface area contributed by atoms with Gasteiger partial charge in [-0.1, -0.05) is 79.8 Å². The SMILES string of the molecule is CC[C@H](C)c1nc2ccc(Br)cc2c(=O)n1N=Cc1cccc(OCc2ccc(Br)cc2Br)c1. The number of halogens is 3. The standard InChI is InChI=1S/C26H22Br3N3O2/c1-3-16(2)25-31-24-10-9-19(27)12-22(24)26(33)32(25)30-14-17-5-4-6-21(11-17)34-15-18-7-8-20(28)13-23(18)29/h4-14,16H,3,15H2,1-2H3/t16-/m0/s1. The molecule has 0 spiro atoms. The van der Waals surface area contributed by atoms with E-state index in [0.717, 1.165) is 31.0 Å². The molecule has 8 heteroatoms. The van der Waals surface area contributed by atoms with E-state index in [9.17, 15) is 4.79 Å². The maximum absolute atomic E-state index is 13.3. The van der Waals surface area contributed by atoms with Gasteiger partial charge in [-0.15, -0.1) is 0 Å². The lowest BCUT2D eigenvalue weighted by Crippen LogP contribution is -2.23. The van der Waals surface area contributed by atoms with Crippen LogP contribution in [0.3, 0.4) is 0 Å².